The molecule has 0 atom stereocenters. The standard InChI is InChI=1S/C15H16N2O2S/c1-10-8-13(11(2)20-10)14(18)5-6-15(19)17-12-4-3-7-16-9-12/h3-4,7-9H,5-6H2,1-2H3,(H,17,19). The van der Waals surface area contributed by atoms with Crippen LogP contribution in [0, 0.1) is 13.8 Å². The lowest BCUT2D eigenvalue weighted by Gasteiger charge is -2.04. The number of Topliss-reactive ketones (excluding diaryl/α,β-unsaturated/α-hetero) is 1. The molecule has 5 heteroatoms. The molecule has 0 aliphatic heterocycles. The molecule has 0 bridgehead atoms. The molecule has 2 aromatic heterocycles. The monoisotopic (exact) mass is 288 g/mol. The Bertz CT molecular complexity index is 620. The van der Waals surface area contributed by atoms with Crippen molar-refractivity contribution in [1.29, 1.82) is 0 Å². The van der Waals surface area contributed by atoms with Gasteiger partial charge in [0.25, 0.3) is 0 Å². The van der Waals surface area contributed by atoms with Gasteiger partial charge in [-0.3, -0.25) is 14.6 Å². The molecule has 0 unspecified atom stereocenters. The fourth-order valence-corrected chi connectivity index (χ4v) is 2.87. The van der Waals surface area contributed by atoms with E-state index in [4.69, 9.17) is 0 Å². The summed E-state index contributed by atoms with van der Waals surface area (Å²) in [6.07, 6.45) is 3.62. The number of nitrogens with one attached hydrogen (secondary N) is 1. The van der Waals surface area contributed by atoms with E-state index in [-0.39, 0.29) is 24.5 Å². The summed E-state index contributed by atoms with van der Waals surface area (Å²) in [5.74, 6) is -0.149. The molecule has 0 aliphatic carbocycles. The minimum Gasteiger partial charge on any atom is -0.325 e. The van der Waals surface area contributed by atoms with Gasteiger partial charge in [-0.25, -0.2) is 0 Å². The Kier molecular flexibility index (Phi) is 4.63. The Morgan fingerprint density at radius 3 is 2.70 bits per heavy atom. The van der Waals surface area contributed by atoms with Gasteiger partial charge in [-0.05, 0) is 32.0 Å². The molecule has 2 rings (SSSR count). The van der Waals surface area contributed by atoms with Crippen LogP contribution in [0.2, 0.25) is 0 Å². The van der Waals surface area contributed by atoms with E-state index in [1.165, 1.54) is 0 Å². The maximum absolute atomic E-state index is 12.1. The van der Waals surface area contributed by atoms with E-state index in [1.54, 1.807) is 35.9 Å². The number of carbonyl (C=O) groups excluding carboxylic acids is 2. The predicted octanol–water partition coefficient (Wildman–Crippen LogP) is 3.36. The van der Waals surface area contributed by atoms with Gasteiger partial charge in [0.1, 0.15) is 0 Å². The van der Waals surface area contributed by atoms with Gasteiger partial charge in [0.2, 0.25) is 5.91 Å². The van der Waals surface area contributed by atoms with E-state index < -0.39 is 0 Å². The summed E-state index contributed by atoms with van der Waals surface area (Å²) < 4.78 is 0. The van der Waals surface area contributed by atoms with Gasteiger partial charge in [-0.2, -0.15) is 0 Å². The van der Waals surface area contributed by atoms with Crippen molar-refractivity contribution in [3.05, 3.63) is 45.9 Å². The predicted molar refractivity (Wildman–Crippen MR) is 80.2 cm³/mol. The van der Waals surface area contributed by atoms with E-state index in [2.05, 4.69) is 10.3 Å². The molecule has 0 radical (unpaired) electrons. The Balaban J connectivity index is 1.87. The molecule has 104 valence electrons. The molecule has 0 fully saturated rings. The van der Waals surface area contributed by atoms with E-state index >= 15 is 0 Å². The number of aryl methyl sites for hydroxylation is 2. The lowest BCUT2D eigenvalue weighted by atomic mass is 10.1. The maximum atomic E-state index is 12.1. The van der Waals surface area contributed by atoms with Crippen LogP contribution in [-0.4, -0.2) is 16.7 Å². The molecular formula is C15H16N2O2S. The van der Waals surface area contributed by atoms with Gasteiger partial charge < -0.3 is 5.32 Å². The second-order valence-corrected chi connectivity index (χ2v) is 6.00. The number of carbonyl (C=O) groups is 2. The zero-order chi connectivity index (χ0) is 14.5. The summed E-state index contributed by atoms with van der Waals surface area (Å²) in [5.41, 5.74) is 1.38. The SMILES string of the molecule is Cc1cc(C(=O)CCC(=O)Nc2cccnc2)c(C)s1. The molecule has 1 amide bonds. The number of aromatic nitrogens is 1. The van der Waals surface area contributed by atoms with Gasteiger partial charge in [-0.1, -0.05) is 0 Å². The Morgan fingerprint density at radius 2 is 2.10 bits per heavy atom. The largest absolute Gasteiger partial charge is 0.325 e. The first kappa shape index (κ1) is 14.4. The fraction of sp³-hybridized carbons (Fsp3) is 0.267. The van der Waals surface area contributed by atoms with Crippen LogP contribution in [0.15, 0.2) is 30.6 Å². The summed E-state index contributed by atoms with van der Waals surface area (Å²) in [7, 11) is 0. The molecule has 4 nitrogen and oxygen atoms in total. The third-order valence-corrected chi connectivity index (χ3v) is 3.83. The zero-order valence-corrected chi connectivity index (χ0v) is 12.3. The summed E-state index contributed by atoms with van der Waals surface area (Å²) in [6.45, 7) is 3.91. The van der Waals surface area contributed by atoms with E-state index in [0.717, 1.165) is 15.3 Å². The fourth-order valence-electron chi connectivity index (χ4n) is 1.93. The van der Waals surface area contributed by atoms with Gasteiger partial charge >= 0.3 is 0 Å². The smallest absolute Gasteiger partial charge is 0.224 e. The first-order valence-electron chi connectivity index (χ1n) is 6.36. The molecule has 0 saturated heterocycles. The van der Waals surface area contributed by atoms with Crippen molar-refractivity contribution in [2.24, 2.45) is 0 Å². The van der Waals surface area contributed by atoms with Crippen LogP contribution in [-0.2, 0) is 4.79 Å². The number of hydrogen-bond acceptors (Lipinski definition) is 4. The van der Waals surface area contributed by atoms with Crippen molar-refractivity contribution in [3.63, 3.8) is 0 Å². The summed E-state index contributed by atoms with van der Waals surface area (Å²) in [5, 5.41) is 2.72. The van der Waals surface area contributed by atoms with Gasteiger partial charge in [0.05, 0.1) is 11.9 Å². The molecule has 0 aliphatic rings. The van der Waals surface area contributed by atoms with E-state index in [0.29, 0.717) is 5.69 Å². The summed E-state index contributed by atoms with van der Waals surface area (Å²) >= 11 is 1.60. The van der Waals surface area contributed by atoms with Crippen LogP contribution in [0.3, 0.4) is 0 Å². The third-order valence-electron chi connectivity index (χ3n) is 2.87. The van der Waals surface area contributed by atoms with E-state index in [1.807, 2.05) is 19.9 Å². The highest BCUT2D eigenvalue weighted by Gasteiger charge is 2.13. The van der Waals surface area contributed by atoms with Crippen molar-refractivity contribution >= 4 is 28.7 Å². The van der Waals surface area contributed by atoms with Gasteiger partial charge in [-0.15, -0.1) is 11.3 Å². The normalized spacial score (nSPS) is 10.3. The number of amides is 1. The second kappa shape index (κ2) is 6.43. The van der Waals surface area contributed by atoms with Crippen LogP contribution < -0.4 is 5.32 Å². The van der Waals surface area contributed by atoms with Crippen LogP contribution in [0.5, 0.6) is 0 Å². The minimum atomic E-state index is -0.170. The number of rotatable bonds is 5. The summed E-state index contributed by atoms with van der Waals surface area (Å²) in [4.78, 5) is 29.8. The molecule has 20 heavy (non-hydrogen) atoms. The number of ketones is 1. The van der Waals surface area contributed by atoms with Crippen molar-refractivity contribution in [1.82, 2.24) is 4.98 Å². The molecule has 0 saturated carbocycles. The van der Waals surface area contributed by atoms with Crippen LogP contribution in [0.4, 0.5) is 5.69 Å². The molecule has 0 aromatic carbocycles. The number of anilines is 1. The lowest BCUT2D eigenvalue weighted by molar-refractivity contribution is -0.116. The van der Waals surface area contributed by atoms with Crippen LogP contribution in [0.1, 0.15) is 33.0 Å². The first-order chi connectivity index (χ1) is 9.56. The third kappa shape index (κ3) is 3.74. The molecule has 1 N–H and O–H groups in total. The Morgan fingerprint density at radius 1 is 1.30 bits per heavy atom. The van der Waals surface area contributed by atoms with Gasteiger partial charge in [0.15, 0.2) is 5.78 Å². The zero-order valence-electron chi connectivity index (χ0n) is 11.5. The highest BCUT2D eigenvalue weighted by molar-refractivity contribution is 7.12. The molecular weight excluding hydrogens is 272 g/mol. The van der Waals surface area contributed by atoms with Crippen LogP contribution >= 0.6 is 11.3 Å². The topological polar surface area (TPSA) is 59.1 Å². The highest BCUT2D eigenvalue weighted by atomic mass is 32.1. The molecule has 2 aromatic rings. The van der Waals surface area contributed by atoms with Gasteiger partial charge in [0, 0.05) is 34.4 Å². The Hall–Kier alpha value is -2.01. The first-order valence-corrected chi connectivity index (χ1v) is 7.18. The summed E-state index contributed by atoms with van der Waals surface area (Å²) in [6, 6.07) is 5.40. The van der Waals surface area contributed by atoms with Crippen molar-refractivity contribution in [3.8, 4) is 0 Å². The quantitative estimate of drug-likeness (QED) is 0.858. The number of hydrogen-bond donors (Lipinski definition) is 1. The molecule has 2 heterocycles. The average Bonchev–Trinajstić information content (AvgIpc) is 2.76. The lowest BCUT2D eigenvalue weighted by Crippen LogP contribution is -2.13. The van der Waals surface area contributed by atoms with Crippen molar-refractivity contribution < 1.29 is 9.59 Å². The van der Waals surface area contributed by atoms with Crippen molar-refractivity contribution in [2.45, 2.75) is 26.7 Å². The minimum absolute atomic E-state index is 0.0215. The molecule has 0 spiro atoms. The second-order valence-electron chi connectivity index (χ2n) is 4.54. The van der Waals surface area contributed by atoms with E-state index in [9.17, 15) is 9.59 Å². The number of thiophene rings is 1. The number of nitrogens with zero attached hydrogens (tertiary/aromatic N) is 1. The highest BCUT2D eigenvalue weighted by Crippen LogP contribution is 2.22. The van der Waals surface area contributed by atoms with Crippen LogP contribution in [0.25, 0.3) is 0 Å². The Labute approximate surface area is 121 Å². The number of pyridine rings is 1. The average molecular weight is 288 g/mol. The van der Waals surface area contributed by atoms with Crippen molar-refractivity contribution in [2.75, 3.05) is 5.32 Å². The maximum Gasteiger partial charge on any atom is 0.224 e.